The first-order valence-corrected chi connectivity index (χ1v) is 9.58. The fourth-order valence-corrected chi connectivity index (χ4v) is 3.24. The summed E-state index contributed by atoms with van der Waals surface area (Å²) < 4.78 is 0. The summed E-state index contributed by atoms with van der Waals surface area (Å²) in [6.07, 6.45) is 1.69. The van der Waals surface area contributed by atoms with Gasteiger partial charge in [-0.25, -0.2) is 4.98 Å². The molecule has 6 nitrogen and oxygen atoms in total. The molecule has 0 spiro atoms. The van der Waals surface area contributed by atoms with Crippen LogP contribution in [0.3, 0.4) is 0 Å². The van der Waals surface area contributed by atoms with Gasteiger partial charge < -0.3 is 10.2 Å². The minimum Gasteiger partial charge on any atom is -0.378 e. The van der Waals surface area contributed by atoms with Crippen molar-refractivity contribution in [3.05, 3.63) is 66.4 Å². The molecule has 0 fully saturated rings. The van der Waals surface area contributed by atoms with E-state index in [0.717, 1.165) is 17.1 Å². The Morgan fingerprint density at radius 1 is 1.11 bits per heavy atom. The summed E-state index contributed by atoms with van der Waals surface area (Å²) in [7, 11) is 3.92. The molecule has 3 rings (SSSR count). The Kier molecular flexibility index (Phi) is 6.25. The van der Waals surface area contributed by atoms with Crippen molar-refractivity contribution in [3.63, 3.8) is 0 Å². The Hall–Kier alpha value is -3.37. The fraction of sp³-hybridized carbons (Fsp3) is 0.143. The minimum atomic E-state index is -0.156. The molecule has 0 atom stereocenters. The van der Waals surface area contributed by atoms with Crippen LogP contribution >= 0.6 is 11.8 Å². The van der Waals surface area contributed by atoms with Crippen molar-refractivity contribution in [2.24, 2.45) is 0 Å². The van der Waals surface area contributed by atoms with Gasteiger partial charge in [0.05, 0.1) is 22.7 Å². The molecule has 0 unspecified atom stereocenters. The molecule has 1 aromatic carbocycles. The number of nitrogens with zero attached hydrogens (tertiary/aromatic N) is 4. The number of nitrogens with one attached hydrogen (secondary N) is 1. The standard InChI is InChI=1S/C21H19N5OS/c1-26(2)17-9-7-16(8-10-17)24-20(27)14-28-21-15(13-22)6-11-19(25-21)18-5-3-4-12-23-18/h3-12H,14H2,1-2H3,(H,24,27). The van der Waals surface area contributed by atoms with Gasteiger partial charge in [0.2, 0.25) is 5.91 Å². The summed E-state index contributed by atoms with van der Waals surface area (Å²) in [6.45, 7) is 0. The number of carbonyl (C=O) groups excluding carboxylic acids is 1. The second-order valence-corrected chi connectivity index (χ2v) is 7.12. The average Bonchev–Trinajstić information content (AvgIpc) is 2.73. The van der Waals surface area contributed by atoms with Crippen LogP contribution in [0.4, 0.5) is 11.4 Å². The third kappa shape index (κ3) is 4.87. The molecule has 0 aliphatic carbocycles. The van der Waals surface area contributed by atoms with Crippen LogP contribution in [-0.4, -0.2) is 35.7 Å². The molecule has 3 aromatic rings. The molecule has 0 aliphatic rings. The van der Waals surface area contributed by atoms with Crippen molar-refractivity contribution in [1.29, 1.82) is 5.26 Å². The number of hydrogen-bond acceptors (Lipinski definition) is 6. The molecule has 0 saturated heterocycles. The third-order valence-electron chi connectivity index (χ3n) is 3.92. The zero-order valence-corrected chi connectivity index (χ0v) is 16.4. The zero-order chi connectivity index (χ0) is 19.9. The number of amides is 1. The van der Waals surface area contributed by atoms with Crippen molar-refractivity contribution in [2.75, 3.05) is 30.1 Å². The Balaban J connectivity index is 1.67. The summed E-state index contributed by atoms with van der Waals surface area (Å²) >= 11 is 1.23. The molecule has 2 aromatic heterocycles. The summed E-state index contributed by atoms with van der Waals surface area (Å²) in [5.74, 6) is -0.000450. The molecule has 0 radical (unpaired) electrons. The van der Waals surface area contributed by atoms with Crippen LogP contribution in [0.2, 0.25) is 0 Å². The van der Waals surface area contributed by atoms with Crippen LogP contribution in [0.25, 0.3) is 11.4 Å². The van der Waals surface area contributed by atoms with E-state index in [4.69, 9.17) is 0 Å². The number of nitriles is 1. The van der Waals surface area contributed by atoms with E-state index in [0.29, 0.717) is 16.3 Å². The molecular formula is C21H19N5OS. The van der Waals surface area contributed by atoms with Crippen molar-refractivity contribution in [1.82, 2.24) is 9.97 Å². The molecule has 140 valence electrons. The van der Waals surface area contributed by atoms with Gasteiger partial charge in [-0.05, 0) is 48.5 Å². The molecule has 0 bridgehead atoms. The highest BCUT2D eigenvalue weighted by molar-refractivity contribution is 8.00. The smallest absolute Gasteiger partial charge is 0.234 e. The van der Waals surface area contributed by atoms with E-state index in [-0.39, 0.29) is 11.7 Å². The fourth-order valence-electron chi connectivity index (χ4n) is 2.47. The van der Waals surface area contributed by atoms with E-state index >= 15 is 0 Å². The van der Waals surface area contributed by atoms with Crippen molar-refractivity contribution in [2.45, 2.75) is 5.03 Å². The van der Waals surface area contributed by atoms with Gasteiger partial charge in [0.25, 0.3) is 0 Å². The van der Waals surface area contributed by atoms with Crippen LogP contribution in [0.15, 0.2) is 65.8 Å². The Labute approximate surface area is 168 Å². The predicted molar refractivity (Wildman–Crippen MR) is 112 cm³/mol. The lowest BCUT2D eigenvalue weighted by atomic mass is 10.2. The van der Waals surface area contributed by atoms with Gasteiger partial charge in [0.15, 0.2) is 0 Å². The second-order valence-electron chi connectivity index (χ2n) is 6.15. The summed E-state index contributed by atoms with van der Waals surface area (Å²) in [5, 5.41) is 12.7. The monoisotopic (exact) mass is 389 g/mol. The number of hydrogen-bond donors (Lipinski definition) is 1. The molecule has 0 aliphatic heterocycles. The number of aromatic nitrogens is 2. The Morgan fingerprint density at radius 2 is 1.89 bits per heavy atom. The van der Waals surface area contributed by atoms with Crippen molar-refractivity contribution < 1.29 is 4.79 Å². The normalized spacial score (nSPS) is 10.2. The second kappa shape index (κ2) is 9.02. The topological polar surface area (TPSA) is 81.9 Å². The van der Waals surface area contributed by atoms with Gasteiger partial charge in [0.1, 0.15) is 11.1 Å². The van der Waals surface area contributed by atoms with Gasteiger partial charge in [-0.15, -0.1) is 0 Å². The van der Waals surface area contributed by atoms with Crippen LogP contribution in [-0.2, 0) is 4.79 Å². The number of rotatable bonds is 6. The van der Waals surface area contributed by atoms with Gasteiger partial charge in [-0.2, -0.15) is 5.26 Å². The van der Waals surface area contributed by atoms with Crippen molar-refractivity contribution in [3.8, 4) is 17.5 Å². The van der Waals surface area contributed by atoms with E-state index in [1.807, 2.05) is 61.5 Å². The molecule has 0 saturated carbocycles. The average molecular weight is 389 g/mol. The first-order chi connectivity index (χ1) is 13.6. The third-order valence-corrected chi connectivity index (χ3v) is 4.91. The number of carbonyl (C=O) groups is 1. The lowest BCUT2D eigenvalue weighted by Gasteiger charge is -2.13. The van der Waals surface area contributed by atoms with Gasteiger partial charge in [-0.1, -0.05) is 17.8 Å². The number of pyridine rings is 2. The summed E-state index contributed by atoms with van der Waals surface area (Å²) in [4.78, 5) is 23.1. The molecule has 28 heavy (non-hydrogen) atoms. The number of anilines is 2. The van der Waals surface area contributed by atoms with Gasteiger partial charge >= 0.3 is 0 Å². The summed E-state index contributed by atoms with van der Waals surface area (Å²) in [6, 6.07) is 18.8. The predicted octanol–water partition coefficient (Wildman–Crippen LogP) is 3.81. The molecule has 1 amide bonds. The maximum atomic E-state index is 12.3. The Bertz CT molecular complexity index is 998. The maximum absolute atomic E-state index is 12.3. The lowest BCUT2D eigenvalue weighted by molar-refractivity contribution is -0.113. The molecule has 2 heterocycles. The highest BCUT2D eigenvalue weighted by Gasteiger charge is 2.11. The van der Waals surface area contributed by atoms with E-state index < -0.39 is 0 Å². The number of benzene rings is 1. The molecule has 1 N–H and O–H groups in total. The van der Waals surface area contributed by atoms with E-state index in [1.54, 1.807) is 18.3 Å². The van der Waals surface area contributed by atoms with Gasteiger partial charge in [0, 0.05) is 31.7 Å². The van der Waals surface area contributed by atoms with E-state index in [2.05, 4.69) is 21.4 Å². The highest BCUT2D eigenvalue weighted by atomic mass is 32.2. The lowest BCUT2D eigenvalue weighted by Crippen LogP contribution is -2.14. The largest absolute Gasteiger partial charge is 0.378 e. The molecule has 7 heteroatoms. The van der Waals surface area contributed by atoms with Crippen molar-refractivity contribution >= 4 is 29.0 Å². The first kappa shape index (κ1) is 19.4. The van der Waals surface area contributed by atoms with Crippen LogP contribution in [0.5, 0.6) is 0 Å². The maximum Gasteiger partial charge on any atom is 0.234 e. The van der Waals surface area contributed by atoms with Crippen LogP contribution in [0.1, 0.15) is 5.56 Å². The van der Waals surface area contributed by atoms with E-state index in [1.165, 1.54) is 11.8 Å². The van der Waals surface area contributed by atoms with E-state index in [9.17, 15) is 10.1 Å². The minimum absolute atomic E-state index is 0.156. The highest BCUT2D eigenvalue weighted by Crippen LogP contribution is 2.24. The summed E-state index contributed by atoms with van der Waals surface area (Å²) in [5.41, 5.74) is 3.61. The Morgan fingerprint density at radius 3 is 2.54 bits per heavy atom. The van der Waals surface area contributed by atoms with Crippen LogP contribution < -0.4 is 10.2 Å². The first-order valence-electron chi connectivity index (χ1n) is 8.59. The number of thioether (sulfide) groups is 1. The SMILES string of the molecule is CN(C)c1ccc(NC(=O)CSc2nc(-c3ccccn3)ccc2C#N)cc1. The van der Waals surface area contributed by atoms with Gasteiger partial charge in [-0.3, -0.25) is 9.78 Å². The molecular weight excluding hydrogens is 370 g/mol. The quantitative estimate of drug-likeness (QED) is 0.646. The van der Waals surface area contributed by atoms with Crippen LogP contribution in [0, 0.1) is 11.3 Å². The zero-order valence-electron chi connectivity index (χ0n) is 15.6.